The molecule has 1 fully saturated rings. The SMILES string of the molecule is CCCCC(NC(=O)C1CCC(N)C1)C(=O)O. The smallest absolute Gasteiger partial charge is 0.326 e. The van der Waals surface area contributed by atoms with Crippen LogP contribution in [0, 0.1) is 5.92 Å². The average Bonchev–Trinajstić information content (AvgIpc) is 2.70. The fourth-order valence-corrected chi connectivity index (χ4v) is 2.21. The van der Waals surface area contributed by atoms with Crippen molar-refractivity contribution in [2.45, 2.75) is 57.5 Å². The van der Waals surface area contributed by atoms with E-state index in [0.717, 1.165) is 25.7 Å². The molecule has 3 unspecified atom stereocenters. The Bertz CT molecular complexity index is 281. The Hall–Kier alpha value is -1.10. The summed E-state index contributed by atoms with van der Waals surface area (Å²) in [4.78, 5) is 22.8. The Morgan fingerprint density at radius 3 is 2.65 bits per heavy atom. The highest BCUT2D eigenvalue weighted by Gasteiger charge is 2.30. The Morgan fingerprint density at radius 1 is 1.47 bits per heavy atom. The number of carboxylic acids is 1. The van der Waals surface area contributed by atoms with Crippen molar-refractivity contribution in [2.75, 3.05) is 0 Å². The van der Waals surface area contributed by atoms with Gasteiger partial charge in [-0.25, -0.2) is 4.79 Å². The zero-order valence-corrected chi connectivity index (χ0v) is 10.3. The number of carboxylic acid groups (broad SMARTS) is 1. The Labute approximate surface area is 102 Å². The number of hydrogen-bond donors (Lipinski definition) is 3. The van der Waals surface area contributed by atoms with Crippen molar-refractivity contribution in [2.24, 2.45) is 11.7 Å². The molecule has 5 nitrogen and oxygen atoms in total. The van der Waals surface area contributed by atoms with Crippen molar-refractivity contribution in [3.05, 3.63) is 0 Å². The third-order valence-corrected chi connectivity index (χ3v) is 3.30. The molecule has 3 atom stereocenters. The number of carbonyl (C=O) groups is 2. The molecule has 0 aromatic carbocycles. The van der Waals surface area contributed by atoms with Crippen LogP contribution in [0.2, 0.25) is 0 Å². The van der Waals surface area contributed by atoms with Crippen LogP contribution in [-0.4, -0.2) is 29.1 Å². The summed E-state index contributed by atoms with van der Waals surface area (Å²) in [6.07, 6.45) is 4.52. The molecule has 98 valence electrons. The van der Waals surface area contributed by atoms with Gasteiger partial charge in [-0.15, -0.1) is 0 Å². The van der Waals surface area contributed by atoms with Gasteiger partial charge in [0, 0.05) is 12.0 Å². The van der Waals surface area contributed by atoms with Crippen LogP contribution in [0.5, 0.6) is 0 Å². The number of nitrogens with one attached hydrogen (secondary N) is 1. The van der Waals surface area contributed by atoms with Crippen molar-refractivity contribution in [3.63, 3.8) is 0 Å². The van der Waals surface area contributed by atoms with Crippen LogP contribution >= 0.6 is 0 Å². The molecule has 4 N–H and O–H groups in total. The minimum Gasteiger partial charge on any atom is -0.480 e. The van der Waals surface area contributed by atoms with E-state index in [9.17, 15) is 9.59 Å². The van der Waals surface area contributed by atoms with E-state index in [1.165, 1.54) is 0 Å². The van der Waals surface area contributed by atoms with E-state index in [1.54, 1.807) is 0 Å². The zero-order chi connectivity index (χ0) is 12.8. The van der Waals surface area contributed by atoms with Crippen LogP contribution in [0.3, 0.4) is 0 Å². The molecule has 0 bridgehead atoms. The highest BCUT2D eigenvalue weighted by atomic mass is 16.4. The summed E-state index contributed by atoms with van der Waals surface area (Å²) in [6, 6.07) is -0.663. The van der Waals surface area contributed by atoms with E-state index >= 15 is 0 Å². The van der Waals surface area contributed by atoms with Gasteiger partial charge in [0.25, 0.3) is 0 Å². The van der Waals surface area contributed by atoms with Crippen molar-refractivity contribution in [1.29, 1.82) is 0 Å². The first-order chi connectivity index (χ1) is 8.04. The molecule has 17 heavy (non-hydrogen) atoms. The van der Waals surface area contributed by atoms with Gasteiger partial charge in [-0.2, -0.15) is 0 Å². The van der Waals surface area contributed by atoms with E-state index < -0.39 is 12.0 Å². The minimum absolute atomic E-state index is 0.0877. The predicted octanol–water partition coefficient (Wildman–Crippen LogP) is 0.873. The molecule has 0 radical (unpaired) electrons. The molecule has 5 heteroatoms. The molecule has 1 rings (SSSR count). The number of aliphatic carboxylic acids is 1. The van der Waals surface area contributed by atoms with Crippen LogP contribution in [0.4, 0.5) is 0 Å². The molecule has 0 heterocycles. The topological polar surface area (TPSA) is 92.4 Å². The van der Waals surface area contributed by atoms with Gasteiger partial charge >= 0.3 is 5.97 Å². The van der Waals surface area contributed by atoms with Crippen molar-refractivity contribution < 1.29 is 14.7 Å². The van der Waals surface area contributed by atoms with E-state index in [4.69, 9.17) is 10.8 Å². The molecule has 0 aromatic rings. The van der Waals surface area contributed by atoms with Crippen molar-refractivity contribution >= 4 is 11.9 Å². The molecule has 0 aliphatic heterocycles. The maximum absolute atomic E-state index is 11.8. The monoisotopic (exact) mass is 242 g/mol. The number of carbonyl (C=O) groups excluding carboxylic acids is 1. The van der Waals surface area contributed by atoms with E-state index in [-0.39, 0.29) is 17.9 Å². The second kappa shape index (κ2) is 6.59. The van der Waals surface area contributed by atoms with E-state index in [2.05, 4.69) is 5.32 Å². The summed E-state index contributed by atoms with van der Waals surface area (Å²) < 4.78 is 0. The lowest BCUT2D eigenvalue weighted by molar-refractivity contribution is -0.142. The summed E-state index contributed by atoms with van der Waals surface area (Å²) >= 11 is 0. The van der Waals surface area contributed by atoms with Crippen molar-refractivity contribution in [3.8, 4) is 0 Å². The van der Waals surface area contributed by atoms with Gasteiger partial charge in [0.1, 0.15) is 6.04 Å². The molecule has 0 spiro atoms. The van der Waals surface area contributed by atoms with Crippen LogP contribution < -0.4 is 11.1 Å². The van der Waals surface area contributed by atoms with Gasteiger partial charge in [-0.3, -0.25) is 4.79 Å². The molecular weight excluding hydrogens is 220 g/mol. The first-order valence-electron chi connectivity index (χ1n) is 6.33. The first kappa shape index (κ1) is 14.0. The standard InChI is InChI=1S/C12H22N2O3/c1-2-3-4-10(12(16)17)14-11(15)8-5-6-9(13)7-8/h8-10H,2-7,13H2,1H3,(H,14,15)(H,16,17). The van der Waals surface area contributed by atoms with Crippen LogP contribution in [-0.2, 0) is 9.59 Å². The summed E-state index contributed by atoms with van der Waals surface area (Å²) in [6.45, 7) is 2.00. The van der Waals surface area contributed by atoms with Crippen LogP contribution in [0.25, 0.3) is 0 Å². The third-order valence-electron chi connectivity index (χ3n) is 3.30. The first-order valence-corrected chi connectivity index (χ1v) is 6.33. The predicted molar refractivity (Wildman–Crippen MR) is 64.4 cm³/mol. The second-order valence-electron chi connectivity index (χ2n) is 4.81. The summed E-state index contributed by atoms with van der Waals surface area (Å²) in [7, 11) is 0. The molecule has 1 aliphatic carbocycles. The fraction of sp³-hybridized carbons (Fsp3) is 0.833. The summed E-state index contributed by atoms with van der Waals surface area (Å²) in [5.74, 6) is -1.20. The molecule has 1 aliphatic rings. The van der Waals surface area contributed by atoms with Gasteiger partial charge in [0.2, 0.25) is 5.91 Å². The molecule has 0 aromatic heterocycles. The molecule has 1 saturated carbocycles. The number of rotatable bonds is 6. The maximum atomic E-state index is 11.8. The van der Waals surface area contributed by atoms with Crippen LogP contribution in [0.15, 0.2) is 0 Å². The highest BCUT2D eigenvalue weighted by Crippen LogP contribution is 2.24. The van der Waals surface area contributed by atoms with Gasteiger partial charge in [-0.05, 0) is 25.7 Å². The highest BCUT2D eigenvalue weighted by molar-refractivity contribution is 5.85. The molecule has 0 saturated heterocycles. The lowest BCUT2D eigenvalue weighted by atomic mass is 10.0. The largest absolute Gasteiger partial charge is 0.480 e. The number of hydrogen-bond acceptors (Lipinski definition) is 3. The van der Waals surface area contributed by atoms with Gasteiger partial charge in [-0.1, -0.05) is 19.8 Å². The van der Waals surface area contributed by atoms with Gasteiger partial charge in [0.15, 0.2) is 0 Å². The molecule has 1 amide bonds. The summed E-state index contributed by atoms with van der Waals surface area (Å²) in [5, 5.41) is 11.6. The third kappa shape index (κ3) is 4.34. The second-order valence-corrected chi connectivity index (χ2v) is 4.81. The quantitative estimate of drug-likeness (QED) is 0.644. The Morgan fingerprint density at radius 2 is 2.18 bits per heavy atom. The van der Waals surface area contributed by atoms with Crippen LogP contribution in [0.1, 0.15) is 45.4 Å². The van der Waals surface area contributed by atoms with Gasteiger partial charge < -0.3 is 16.2 Å². The van der Waals surface area contributed by atoms with Gasteiger partial charge in [0.05, 0.1) is 0 Å². The number of amides is 1. The zero-order valence-electron chi connectivity index (χ0n) is 10.3. The Balaban J connectivity index is 2.43. The number of unbranched alkanes of at least 4 members (excludes halogenated alkanes) is 1. The number of nitrogens with two attached hydrogens (primary N) is 1. The Kier molecular flexibility index (Phi) is 5.41. The average molecular weight is 242 g/mol. The maximum Gasteiger partial charge on any atom is 0.326 e. The minimum atomic E-state index is -0.950. The lowest BCUT2D eigenvalue weighted by Crippen LogP contribution is -2.43. The summed E-state index contributed by atoms with van der Waals surface area (Å²) in [5.41, 5.74) is 5.74. The fourth-order valence-electron chi connectivity index (χ4n) is 2.21. The van der Waals surface area contributed by atoms with E-state index in [1.807, 2.05) is 6.92 Å². The van der Waals surface area contributed by atoms with Crippen molar-refractivity contribution in [1.82, 2.24) is 5.32 Å². The lowest BCUT2D eigenvalue weighted by Gasteiger charge is -2.17. The van der Waals surface area contributed by atoms with E-state index in [0.29, 0.717) is 12.8 Å². The molecular formula is C12H22N2O3. The normalized spacial score (nSPS) is 25.5.